The summed E-state index contributed by atoms with van der Waals surface area (Å²) in [6.45, 7) is 4.85. The highest BCUT2D eigenvalue weighted by molar-refractivity contribution is 6.34. The molecule has 0 aliphatic carbocycles. The molecular weight excluding hydrogens is 596 g/mol. The van der Waals surface area contributed by atoms with Crippen LogP contribution in [0.4, 0.5) is 15.9 Å². The minimum atomic E-state index is -0.635. The number of rotatable bonds is 7. The van der Waals surface area contributed by atoms with Gasteiger partial charge in [0.25, 0.3) is 5.91 Å². The van der Waals surface area contributed by atoms with Gasteiger partial charge in [0.05, 0.1) is 40.1 Å². The van der Waals surface area contributed by atoms with Crippen molar-refractivity contribution in [2.75, 3.05) is 44.6 Å². The second-order valence-corrected chi connectivity index (χ2v) is 11.2. The largest absolute Gasteiger partial charge is 0.491 e. The quantitative estimate of drug-likeness (QED) is 0.297. The molecule has 2 amide bonds. The Morgan fingerprint density at radius 3 is 2.63 bits per heavy atom. The van der Waals surface area contributed by atoms with E-state index in [2.05, 4.69) is 20.6 Å². The van der Waals surface area contributed by atoms with Gasteiger partial charge in [0, 0.05) is 49.8 Å². The monoisotopic (exact) mass is 625 g/mol. The Bertz CT molecular complexity index is 1680. The molecule has 0 saturated carbocycles. The first-order valence-corrected chi connectivity index (χ1v) is 14.9. The van der Waals surface area contributed by atoms with Crippen LogP contribution < -0.4 is 15.4 Å². The summed E-state index contributed by atoms with van der Waals surface area (Å²) in [7, 11) is 0. The number of imidazole rings is 1. The van der Waals surface area contributed by atoms with E-state index in [9.17, 15) is 14.0 Å². The number of halogens is 3. The van der Waals surface area contributed by atoms with Gasteiger partial charge in [-0.3, -0.25) is 14.0 Å². The molecule has 0 spiro atoms. The second kappa shape index (κ2) is 12.4. The van der Waals surface area contributed by atoms with Crippen molar-refractivity contribution in [3.05, 3.63) is 70.3 Å². The molecule has 10 nitrogen and oxygen atoms in total. The number of aromatic nitrogens is 3. The van der Waals surface area contributed by atoms with Crippen LogP contribution in [0.2, 0.25) is 10.0 Å². The second-order valence-electron chi connectivity index (χ2n) is 10.4. The molecule has 0 bridgehead atoms. The van der Waals surface area contributed by atoms with Gasteiger partial charge in [0.1, 0.15) is 0 Å². The van der Waals surface area contributed by atoms with Gasteiger partial charge in [0.2, 0.25) is 5.91 Å². The maximum absolute atomic E-state index is 14.8. The van der Waals surface area contributed by atoms with E-state index < -0.39 is 5.82 Å². The van der Waals surface area contributed by atoms with Crippen molar-refractivity contribution >= 4 is 52.2 Å². The molecule has 43 heavy (non-hydrogen) atoms. The number of amides is 2. The third-order valence-corrected chi connectivity index (χ3v) is 8.43. The number of nitrogens with zero attached hydrogens (tertiary/aromatic N) is 5. The number of nitrogens with one attached hydrogen (secondary N) is 2. The third kappa shape index (κ3) is 5.72. The van der Waals surface area contributed by atoms with E-state index in [1.807, 2.05) is 4.90 Å². The average molecular weight is 627 g/mol. The molecule has 2 N–H and O–H groups in total. The minimum Gasteiger partial charge on any atom is -0.491 e. The van der Waals surface area contributed by atoms with E-state index in [1.54, 1.807) is 59.1 Å². The molecule has 1 unspecified atom stereocenters. The van der Waals surface area contributed by atoms with Crippen LogP contribution in [0, 0.1) is 5.82 Å². The number of anilines is 2. The van der Waals surface area contributed by atoms with Crippen molar-refractivity contribution in [1.82, 2.24) is 29.5 Å². The van der Waals surface area contributed by atoms with Crippen LogP contribution in [-0.4, -0.2) is 81.4 Å². The highest BCUT2D eigenvalue weighted by Crippen LogP contribution is 2.36. The lowest BCUT2D eigenvalue weighted by Gasteiger charge is -2.36. The molecule has 2 aromatic carbocycles. The number of benzene rings is 2. The van der Waals surface area contributed by atoms with Crippen LogP contribution in [0.1, 0.15) is 30.1 Å². The molecule has 2 saturated heterocycles. The lowest BCUT2D eigenvalue weighted by Crippen LogP contribution is -2.54. The van der Waals surface area contributed by atoms with Crippen molar-refractivity contribution in [3.63, 3.8) is 0 Å². The van der Waals surface area contributed by atoms with Crippen molar-refractivity contribution < 1.29 is 18.7 Å². The van der Waals surface area contributed by atoms with Crippen LogP contribution in [0.15, 0.2) is 48.9 Å². The Balaban J connectivity index is 1.16. The van der Waals surface area contributed by atoms with Gasteiger partial charge in [-0.1, -0.05) is 23.2 Å². The zero-order chi connectivity index (χ0) is 30.1. The molecule has 6 rings (SSSR count). The normalized spacial score (nSPS) is 17.0. The van der Waals surface area contributed by atoms with Gasteiger partial charge < -0.3 is 25.2 Å². The molecule has 4 aromatic rings. The molecule has 0 radical (unpaired) electrons. The predicted octanol–water partition coefficient (Wildman–Crippen LogP) is 5.02. The topological polar surface area (TPSA) is 104 Å². The molecule has 4 heterocycles. The number of hydrogen-bond acceptors (Lipinski definition) is 7. The third-order valence-electron chi connectivity index (χ3n) is 7.75. The van der Waals surface area contributed by atoms with Crippen LogP contribution in [0.5, 0.6) is 5.75 Å². The number of hydrogen-bond donors (Lipinski definition) is 2. The summed E-state index contributed by atoms with van der Waals surface area (Å²) < 4.78 is 21.9. The van der Waals surface area contributed by atoms with E-state index in [0.29, 0.717) is 66.8 Å². The SMILES string of the molecule is CCOc1ccc(-c2cnc3c(Nc4ccc(C(=O)N5CCN(C(=O)C6CCCN6)CC5)c(Cl)c4)nccn23)c(Cl)c1F. The van der Waals surface area contributed by atoms with Crippen molar-refractivity contribution in [2.45, 2.75) is 25.8 Å². The first-order valence-electron chi connectivity index (χ1n) is 14.2. The molecular formula is C30H30Cl2FN7O3. The fourth-order valence-electron chi connectivity index (χ4n) is 5.52. The zero-order valence-corrected chi connectivity index (χ0v) is 25.0. The van der Waals surface area contributed by atoms with Gasteiger partial charge >= 0.3 is 0 Å². The summed E-state index contributed by atoms with van der Waals surface area (Å²) in [6.07, 6.45) is 6.75. The maximum Gasteiger partial charge on any atom is 0.255 e. The van der Waals surface area contributed by atoms with Crippen LogP contribution in [0.3, 0.4) is 0 Å². The van der Waals surface area contributed by atoms with Gasteiger partial charge in [-0.2, -0.15) is 0 Å². The van der Waals surface area contributed by atoms with Crippen molar-refractivity contribution in [2.24, 2.45) is 0 Å². The van der Waals surface area contributed by atoms with E-state index in [-0.39, 0.29) is 33.7 Å². The minimum absolute atomic E-state index is 0.0649. The lowest BCUT2D eigenvalue weighted by atomic mass is 10.1. The van der Waals surface area contributed by atoms with E-state index in [4.69, 9.17) is 27.9 Å². The number of carbonyl (C=O) groups is 2. The fraction of sp³-hybridized carbons (Fsp3) is 0.333. The molecule has 2 fully saturated rings. The van der Waals surface area contributed by atoms with Gasteiger partial charge in [-0.25, -0.2) is 14.4 Å². The predicted molar refractivity (Wildman–Crippen MR) is 163 cm³/mol. The Hall–Kier alpha value is -3.93. The molecule has 1 atom stereocenters. The highest BCUT2D eigenvalue weighted by Gasteiger charge is 2.31. The van der Waals surface area contributed by atoms with Crippen LogP contribution in [0.25, 0.3) is 16.9 Å². The number of fused-ring (bicyclic) bond motifs is 1. The van der Waals surface area contributed by atoms with E-state index in [1.165, 1.54) is 6.07 Å². The number of piperazine rings is 1. The van der Waals surface area contributed by atoms with Crippen molar-refractivity contribution in [1.29, 1.82) is 0 Å². The van der Waals surface area contributed by atoms with Crippen LogP contribution in [-0.2, 0) is 4.79 Å². The molecule has 2 aromatic heterocycles. The summed E-state index contributed by atoms with van der Waals surface area (Å²) in [4.78, 5) is 38.5. The summed E-state index contributed by atoms with van der Waals surface area (Å²) in [5.74, 6) is -0.184. The van der Waals surface area contributed by atoms with E-state index in [0.717, 1.165) is 19.4 Å². The molecule has 2 aliphatic heterocycles. The first-order chi connectivity index (χ1) is 20.9. The standard InChI is InChI=1S/C30H30Cl2FN7O3/c1-2-43-24-8-7-20(25(32)26(24)33)23-17-36-28-27(35-10-11-40(23)28)37-18-5-6-19(21(31)16-18)29(41)38-12-14-39(15-13-38)30(42)22-4-3-9-34-22/h5-8,10-11,16-17,22,34H,2-4,9,12-15H2,1H3,(H,35,37). The van der Waals surface area contributed by atoms with Gasteiger partial charge in [0.15, 0.2) is 23.0 Å². The first kappa shape index (κ1) is 29.2. The zero-order valence-electron chi connectivity index (χ0n) is 23.4. The fourth-order valence-corrected chi connectivity index (χ4v) is 6.04. The Labute approximate surface area is 257 Å². The van der Waals surface area contributed by atoms with Crippen LogP contribution >= 0.6 is 23.2 Å². The number of ether oxygens (including phenoxy) is 1. The number of carbonyl (C=O) groups excluding carboxylic acids is 2. The summed E-state index contributed by atoms with van der Waals surface area (Å²) in [5, 5.41) is 6.68. The molecule has 2 aliphatic rings. The average Bonchev–Trinajstić information content (AvgIpc) is 3.71. The maximum atomic E-state index is 14.8. The summed E-state index contributed by atoms with van der Waals surface area (Å²) >= 11 is 12.9. The Morgan fingerprint density at radius 2 is 1.91 bits per heavy atom. The smallest absolute Gasteiger partial charge is 0.255 e. The van der Waals surface area contributed by atoms with E-state index >= 15 is 0 Å². The lowest BCUT2D eigenvalue weighted by molar-refractivity contribution is -0.134. The summed E-state index contributed by atoms with van der Waals surface area (Å²) in [5.41, 5.74) is 2.51. The Morgan fingerprint density at radius 1 is 1.12 bits per heavy atom. The molecule has 13 heteroatoms. The van der Waals surface area contributed by atoms with Gasteiger partial charge in [-0.15, -0.1) is 0 Å². The highest BCUT2D eigenvalue weighted by atomic mass is 35.5. The summed E-state index contributed by atoms with van der Waals surface area (Å²) in [6, 6.07) is 8.20. The van der Waals surface area contributed by atoms with Gasteiger partial charge in [-0.05, 0) is 56.6 Å². The van der Waals surface area contributed by atoms with Crippen molar-refractivity contribution in [3.8, 4) is 17.0 Å². The molecule has 224 valence electrons. The Kier molecular flexibility index (Phi) is 8.38.